The second-order valence-electron chi connectivity index (χ2n) is 5.07. The van der Waals surface area contributed by atoms with Gasteiger partial charge in [-0.1, -0.05) is 24.3 Å². The molecule has 0 aromatic heterocycles. The fraction of sp³-hybridized carbons (Fsp3) is 0.235. The van der Waals surface area contributed by atoms with Gasteiger partial charge in [-0.25, -0.2) is 0 Å². The monoisotopic (exact) mass is 300 g/mol. The number of nitrogens with one attached hydrogen (secondary N) is 1. The molecule has 3 nitrogen and oxygen atoms in total. The summed E-state index contributed by atoms with van der Waals surface area (Å²) in [5.41, 5.74) is 10.7. The van der Waals surface area contributed by atoms with Crippen LogP contribution in [0.2, 0.25) is 0 Å². The highest BCUT2D eigenvalue weighted by Crippen LogP contribution is 2.26. The van der Waals surface area contributed by atoms with Crippen LogP contribution in [0.4, 0.5) is 11.4 Å². The summed E-state index contributed by atoms with van der Waals surface area (Å²) in [6.07, 6.45) is 0. The average molecular weight is 300 g/mol. The topological polar surface area (TPSA) is 55.1 Å². The number of carbonyl (C=O) groups excluding carboxylic acids is 1. The quantitative estimate of drug-likeness (QED) is 0.664. The number of aryl methyl sites for hydroxylation is 2. The van der Waals surface area contributed by atoms with Crippen LogP contribution >= 0.6 is 11.8 Å². The number of hydrogen-bond donors (Lipinski definition) is 2. The van der Waals surface area contributed by atoms with Crippen LogP contribution in [-0.2, 0) is 4.79 Å². The largest absolute Gasteiger partial charge is 0.398 e. The Morgan fingerprint density at radius 1 is 1.10 bits per heavy atom. The molecule has 4 heteroatoms. The first-order valence-electron chi connectivity index (χ1n) is 6.83. The van der Waals surface area contributed by atoms with E-state index in [9.17, 15) is 4.79 Å². The van der Waals surface area contributed by atoms with Crippen LogP contribution in [0, 0.1) is 20.8 Å². The van der Waals surface area contributed by atoms with Gasteiger partial charge in [0.2, 0.25) is 5.91 Å². The maximum Gasteiger partial charge on any atom is 0.234 e. The SMILES string of the molecule is Cc1cccc(C)c1NC(=O)CSc1cccc(N)c1C. The maximum atomic E-state index is 12.1. The number of carbonyl (C=O) groups is 1. The normalized spacial score (nSPS) is 10.4. The molecule has 2 rings (SSSR count). The van der Waals surface area contributed by atoms with Crippen molar-refractivity contribution >= 4 is 29.0 Å². The van der Waals surface area contributed by atoms with Crippen LogP contribution in [-0.4, -0.2) is 11.7 Å². The second kappa shape index (κ2) is 6.68. The van der Waals surface area contributed by atoms with Gasteiger partial charge in [0.05, 0.1) is 5.75 Å². The van der Waals surface area contributed by atoms with E-state index in [1.54, 1.807) is 0 Å². The van der Waals surface area contributed by atoms with Gasteiger partial charge in [-0.3, -0.25) is 4.79 Å². The summed E-state index contributed by atoms with van der Waals surface area (Å²) in [6.45, 7) is 5.97. The molecule has 1 amide bonds. The minimum atomic E-state index is -0.000718. The number of amides is 1. The molecule has 0 fully saturated rings. The summed E-state index contributed by atoms with van der Waals surface area (Å²) in [5.74, 6) is 0.372. The first-order valence-corrected chi connectivity index (χ1v) is 7.81. The predicted molar refractivity (Wildman–Crippen MR) is 90.9 cm³/mol. The third-order valence-corrected chi connectivity index (χ3v) is 4.59. The van der Waals surface area contributed by atoms with Crippen molar-refractivity contribution in [1.82, 2.24) is 0 Å². The number of benzene rings is 2. The lowest BCUT2D eigenvalue weighted by molar-refractivity contribution is -0.113. The van der Waals surface area contributed by atoms with E-state index in [0.717, 1.165) is 33.0 Å². The van der Waals surface area contributed by atoms with Crippen LogP contribution < -0.4 is 11.1 Å². The molecule has 0 atom stereocenters. The molecular weight excluding hydrogens is 280 g/mol. The molecule has 0 bridgehead atoms. The highest BCUT2D eigenvalue weighted by Gasteiger charge is 2.09. The molecule has 0 saturated heterocycles. The number of nitrogens with two attached hydrogens (primary N) is 1. The van der Waals surface area contributed by atoms with Gasteiger partial charge in [-0.05, 0) is 49.6 Å². The van der Waals surface area contributed by atoms with Gasteiger partial charge in [0.1, 0.15) is 0 Å². The van der Waals surface area contributed by atoms with Crippen molar-refractivity contribution in [1.29, 1.82) is 0 Å². The lowest BCUT2D eigenvalue weighted by Crippen LogP contribution is -2.15. The number of rotatable bonds is 4. The molecular formula is C17H20N2OS. The molecule has 2 aromatic rings. The molecule has 0 unspecified atom stereocenters. The third-order valence-electron chi connectivity index (χ3n) is 3.43. The van der Waals surface area contributed by atoms with Crippen molar-refractivity contribution in [3.8, 4) is 0 Å². The van der Waals surface area contributed by atoms with E-state index in [0.29, 0.717) is 5.75 Å². The van der Waals surface area contributed by atoms with E-state index in [1.165, 1.54) is 11.8 Å². The Labute approximate surface area is 129 Å². The standard InChI is InChI=1S/C17H20N2OS/c1-11-6-4-7-12(2)17(11)19-16(20)10-21-15-9-5-8-14(18)13(15)3/h4-9H,10,18H2,1-3H3,(H,19,20). The Morgan fingerprint density at radius 3 is 2.38 bits per heavy atom. The van der Waals surface area contributed by atoms with Gasteiger partial charge in [0.15, 0.2) is 0 Å². The fourth-order valence-electron chi connectivity index (χ4n) is 2.12. The number of anilines is 2. The minimum absolute atomic E-state index is 0.000718. The highest BCUT2D eigenvalue weighted by molar-refractivity contribution is 8.00. The molecule has 0 heterocycles. The Hall–Kier alpha value is -1.94. The highest BCUT2D eigenvalue weighted by atomic mass is 32.2. The van der Waals surface area contributed by atoms with Crippen molar-refractivity contribution in [3.05, 3.63) is 53.1 Å². The molecule has 0 radical (unpaired) electrons. The number of nitrogen functional groups attached to an aromatic ring is 1. The van der Waals surface area contributed by atoms with Crippen LogP contribution in [0.3, 0.4) is 0 Å². The molecule has 21 heavy (non-hydrogen) atoms. The van der Waals surface area contributed by atoms with Gasteiger partial charge in [0, 0.05) is 16.3 Å². The average Bonchev–Trinajstić information content (AvgIpc) is 2.45. The van der Waals surface area contributed by atoms with Crippen molar-refractivity contribution in [2.24, 2.45) is 0 Å². The van der Waals surface area contributed by atoms with Crippen LogP contribution in [0.25, 0.3) is 0 Å². The van der Waals surface area contributed by atoms with Crippen molar-refractivity contribution in [2.45, 2.75) is 25.7 Å². The Kier molecular flexibility index (Phi) is 4.91. The molecule has 0 aliphatic rings. The van der Waals surface area contributed by atoms with Gasteiger partial charge < -0.3 is 11.1 Å². The van der Waals surface area contributed by atoms with Gasteiger partial charge in [-0.15, -0.1) is 11.8 Å². The van der Waals surface area contributed by atoms with E-state index in [4.69, 9.17) is 5.73 Å². The van der Waals surface area contributed by atoms with Crippen molar-refractivity contribution in [3.63, 3.8) is 0 Å². The lowest BCUT2D eigenvalue weighted by atomic mass is 10.1. The zero-order valence-corrected chi connectivity index (χ0v) is 13.4. The molecule has 0 aliphatic carbocycles. The van der Waals surface area contributed by atoms with E-state index in [2.05, 4.69) is 5.32 Å². The summed E-state index contributed by atoms with van der Waals surface area (Å²) < 4.78 is 0. The van der Waals surface area contributed by atoms with Gasteiger partial charge in [0.25, 0.3) is 0 Å². The molecule has 0 spiro atoms. The summed E-state index contributed by atoms with van der Waals surface area (Å²) in [4.78, 5) is 13.2. The van der Waals surface area contributed by atoms with Crippen molar-refractivity contribution < 1.29 is 4.79 Å². The first-order chi connectivity index (χ1) is 9.99. The Morgan fingerprint density at radius 2 is 1.71 bits per heavy atom. The molecule has 0 aliphatic heterocycles. The molecule has 0 saturated carbocycles. The zero-order chi connectivity index (χ0) is 15.4. The predicted octanol–water partition coefficient (Wildman–Crippen LogP) is 3.92. The van der Waals surface area contributed by atoms with E-state index in [1.807, 2.05) is 57.2 Å². The molecule has 3 N–H and O–H groups in total. The second-order valence-corrected chi connectivity index (χ2v) is 6.09. The first kappa shape index (κ1) is 15.4. The van der Waals surface area contributed by atoms with E-state index >= 15 is 0 Å². The summed E-state index contributed by atoms with van der Waals surface area (Å²) in [5, 5.41) is 2.99. The third kappa shape index (κ3) is 3.79. The Balaban J connectivity index is 2.01. The van der Waals surface area contributed by atoms with Crippen molar-refractivity contribution in [2.75, 3.05) is 16.8 Å². The maximum absolute atomic E-state index is 12.1. The van der Waals surface area contributed by atoms with Crippen LogP contribution in [0.15, 0.2) is 41.3 Å². The van der Waals surface area contributed by atoms with Crippen LogP contribution in [0.1, 0.15) is 16.7 Å². The summed E-state index contributed by atoms with van der Waals surface area (Å²) >= 11 is 1.51. The lowest BCUT2D eigenvalue weighted by Gasteiger charge is -2.12. The zero-order valence-electron chi connectivity index (χ0n) is 12.6. The smallest absolute Gasteiger partial charge is 0.234 e. The molecule has 2 aromatic carbocycles. The van der Waals surface area contributed by atoms with E-state index < -0.39 is 0 Å². The minimum Gasteiger partial charge on any atom is -0.398 e. The summed E-state index contributed by atoms with van der Waals surface area (Å²) in [7, 11) is 0. The summed E-state index contributed by atoms with van der Waals surface area (Å²) in [6, 6.07) is 11.8. The van der Waals surface area contributed by atoms with Gasteiger partial charge in [-0.2, -0.15) is 0 Å². The molecule has 110 valence electrons. The number of thioether (sulfide) groups is 1. The van der Waals surface area contributed by atoms with Crippen LogP contribution in [0.5, 0.6) is 0 Å². The Bertz CT molecular complexity index is 648. The van der Waals surface area contributed by atoms with E-state index in [-0.39, 0.29) is 5.91 Å². The van der Waals surface area contributed by atoms with Gasteiger partial charge >= 0.3 is 0 Å². The number of para-hydroxylation sites is 1. The fourth-order valence-corrected chi connectivity index (χ4v) is 2.99. The number of hydrogen-bond acceptors (Lipinski definition) is 3.